The fraction of sp³-hybridized carbons (Fsp3) is 0.400. The Bertz CT molecular complexity index is 242. The molecule has 62 valence electrons. The van der Waals surface area contributed by atoms with Gasteiger partial charge in [0.25, 0.3) is 6.43 Å². The normalized spacial score (nSPS) is 13.9. The van der Waals surface area contributed by atoms with Crippen molar-refractivity contribution in [1.82, 2.24) is 4.98 Å². The number of rotatable bonds is 2. The molecule has 0 spiro atoms. The molecule has 0 amide bonds. The second-order valence-electron chi connectivity index (χ2n) is 1.78. The molecule has 0 aromatic carbocycles. The van der Waals surface area contributed by atoms with Gasteiger partial charge in [0.1, 0.15) is 9.34 Å². The van der Waals surface area contributed by atoms with E-state index < -0.39 is 12.5 Å². The van der Waals surface area contributed by atoms with Gasteiger partial charge >= 0.3 is 0 Å². The first-order valence-corrected chi connectivity index (χ1v) is 3.88. The Morgan fingerprint density at radius 2 is 2.27 bits per heavy atom. The third-order valence-corrected chi connectivity index (χ3v) is 2.17. The van der Waals surface area contributed by atoms with Crippen LogP contribution in [0.2, 0.25) is 4.34 Å². The zero-order valence-corrected chi connectivity index (χ0v) is 6.74. The maximum atomic E-state index is 11.8. The Balaban J connectivity index is 2.76. The first kappa shape index (κ1) is 8.83. The first-order chi connectivity index (χ1) is 5.11. The molecule has 0 saturated carbocycles. The smallest absolute Gasteiger partial charge is 0.270 e. The standard InChI is InChI=1S/C5H4ClF2NOS/c6-2-1-9-5(11-2)3(10)4(7)8/h1,3-4,10H. The number of halogens is 3. The predicted molar refractivity (Wildman–Crippen MR) is 38.1 cm³/mol. The van der Waals surface area contributed by atoms with E-state index in [-0.39, 0.29) is 5.01 Å². The van der Waals surface area contributed by atoms with E-state index in [0.29, 0.717) is 4.34 Å². The lowest BCUT2D eigenvalue weighted by Crippen LogP contribution is -2.06. The second kappa shape index (κ2) is 3.42. The van der Waals surface area contributed by atoms with Crippen LogP contribution in [0.3, 0.4) is 0 Å². The SMILES string of the molecule is OC(c1ncc(Cl)s1)C(F)F. The van der Waals surface area contributed by atoms with Gasteiger partial charge in [0.15, 0.2) is 6.10 Å². The van der Waals surface area contributed by atoms with E-state index in [1.807, 2.05) is 0 Å². The number of nitrogens with zero attached hydrogens (tertiary/aromatic N) is 1. The molecule has 0 bridgehead atoms. The van der Waals surface area contributed by atoms with E-state index in [1.54, 1.807) is 0 Å². The van der Waals surface area contributed by atoms with E-state index in [4.69, 9.17) is 16.7 Å². The Kier molecular flexibility index (Phi) is 2.75. The summed E-state index contributed by atoms with van der Waals surface area (Å²) < 4.78 is 23.9. The molecule has 0 aliphatic rings. The molecule has 2 nitrogen and oxygen atoms in total. The van der Waals surface area contributed by atoms with Crippen LogP contribution in [-0.2, 0) is 0 Å². The summed E-state index contributed by atoms with van der Waals surface area (Å²) in [6.45, 7) is 0. The topological polar surface area (TPSA) is 33.1 Å². The number of alkyl halides is 2. The number of hydrogen-bond donors (Lipinski definition) is 1. The number of aliphatic hydroxyl groups is 1. The Morgan fingerprint density at radius 1 is 1.64 bits per heavy atom. The molecule has 1 aromatic heterocycles. The van der Waals surface area contributed by atoms with E-state index in [2.05, 4.69) is 4.98 Å². The lowest BCUT2D eigenvalue weighted by atomic mass is 10.4. The van der Waals surface area contributed by atoms with Crippen molar-refractivity contribution >= 4 is 22.9 Å². The van der Waals surface area contributed by atoms with Crippen LogP contribution >= 0.6 is 22.9 Å². The van der Waals surface area contributed by atoms with Crippen LogP contribution in [0.1, 0.15) is 11.1 Å². The Labute approximate surface area is 70.4 Å². The zero-order chi connectivity index (χ0) is 8.43. The molecule has 0 fully saturated rings. The maximum absolute atomic E-state index is 11.8. The van der Waals surface area contributed by atoms with Gasteiger partial charge in [-0.05, 0) is 0 Å². The average Bonchev–Trinajstić information content (AvgIpc) is 2.34. The number of aliphatic hydroxyl groups excluding tert-OH is 1. The van der Waals surface area contributed by atoms with Crippen LogP contribution in [0.4, 0.5) is 8.78 Å². The van der Waals surface area contributed by atoms with Gasteiger partial charge in [0.2, 0.25) is 0 Å². The van der Waals surface area contributed by atoms with Gasteiger partial charge in [-0.1, -0.05) is 11.6 Å². The molecule has 1 heterocycles. The highest BCUT2D eigenvalue weighted by molar-refractivity contribution is 7.15. The van der Waals surface area contributed by atoms with E-state index in [0.717, 1.165) is 11.3 Å². The van der Waals surface area contributed by atoms with Gasteiger partial charge in [-0.25, -0.2) is 13.8 Å². The van der Waals surface area contributed by atoms with Crippen molar-refractivity contribution in [2.24, 2.45) is 0 Å². The Hall–Kier alpha value is -0.260. The number of thiazole rings is 1. The maximum Gasteiger partial charge on any atom is 0.270 e. The molecular formula is C5H4ClF2NOS. The molecule has 0 saturated heterocycles. The monoisotopic (exact) mass is 199 g/mol. The summed E-state index contributed by atoms with van der Waals surface area (Å²) in [5.41, 5.74) is 0. The summed E-state index contributed by atoms with van der Waals surface area (Å²) in [4.78, 5) is 3.49. The molecule has 1 aromatic rings. The molecule has 1 unspecified atom stereocenters. The van der Waals surface area contributed by atoms with Crippen LogP contribution in [0.5, 0.6) is 0 Å². The van der Waals surface area contributed by atoms with Crippen molar-refractivity contribution in [2.75, 3.05) is 0 Å². The van der Waals surface area contributed by atoms with Crippen molar-refractivity contribution in [3.05, 3.63) is 15.5 Å². The third-order valence-electron chi connectivity index (χ3n) is 0.987. The third kappa shape index (κ3) is 2.08. The molecule has 1 rings (SSSR count). The van der Waals surface area contributed by atoms with Gasteiger partial charge in [0, 0.05) is 0 Å². The lowest BCUT2D eigenvalue weighted by Gasteiger charge is -2.03. The van der Waals surface area contributed by atoms with E-state index in [1.165, 1.54) is 6.20 Å². The van der Waals surface area contributed by atoms with Gasteiger partial charge in [0.05, 0.1) is 6.20 Å². The lowest BCUT2D eigenvalue weighted by molar-refractivity contribution is -0.00588. The minimum Gasteiger partial charge on any atom is -0.380 e. The summed E-state index contributed by atoms with van der Waals surface area (Å²) in [7, 11) is 0. The summed E-state index contributed by atoms with van der Waals surface area (Å²) >= 11 is 6.26. The highest BCUT2D eigenvalue weighted by Crippen LogP contribution is 2.27. The summed E-state index contributed by atoms with van der Waals surface area (Å²) in [6, 6.07) is 0. The minimum atomic E-state index is -2.81. The van der Waals surface area contributed by atoms with Crippen molar-refractivity contribution in [1.29, 1.82) is 0 Å². The minimum absolute atomic E-state index is 0.0509. The molecule has 0 aliphatic heterocycles. The van der Waals surface area contributed by atoms with Gasteiger partial charge < -0.3 is 5.11 Å². The van der Waals surface area contributed by atoms with Gasteiger partial charge in [-0.2, -0.15) is 0 Å². The molecule has 0 radical (unpaired) electrons. The van der Waals surface area contributed by atoms with Crippen LogP contribution < -0.4 is 0 Å². The summed E-state index contributed by atoms with van der Waals surface area (Å²) in [5, 5.41) is 8.70. The van der Waals surface area contributed by atoms with Crippen molar-refractivity contribution in [3.63, 3.8) is 0 Å². The molecule has 1 N–H and O–H groups in total. The molecular weight excluding hydrogens is 196 g/mol. The molecule has 6 heteroatoms. The van der Waals surface area contributed by atoms with E-state index >= 15 is 0 Å². The predicted octanol–water partition coefficient (Wildman–Crippen LogP) is 2.09. The van der Waals surface area contributed by atoms with Crippen molar-refractivity contribution < 1.29 is 13.9 Å². The van der Waals surface area contributed by atoms with Gasteiger partial charge in [-0.3, -0.25) is 0 Å². The van der Waals surface area contributed by atoms with Crippen LogP contribution in [0, 0.1) is 0 Å². The van der Waals surface area contributed by atoms with E-state index in [9.17, 15) is 8.78 Å². The highest BCUT2D eigenvalue weighted by atomic mass is 35.5. The summed E-state index contributed by atoms with van der Waals surface area (Å²) in [5.74, 6) is 0. The molecule has 11 heavy (non-hydrogen) atoms. The average molecular weight is 200 g/mol. The second-order valence-corrected chi connectivity index (χ2v) is 3.48. The highest BCUT2D eigenvalue weighted by Gasteiger charge is 2.21. The van der Waals surface area contributed by atoms with Crippen molar-refractivity contribution in [3.8, 4) is 0 Å². The first-order valence-electron chi connectivity index (χ1n) is 2.68. The number of aromatic nitrogens is 1. The number of hydrogen-bond acceptors (Lipinski definition) is 3. The molecule has 1 atom stereocenters. The fourth-order valence-electron chi connectivity index (χ4n) is 0.511. The quantitative estimate of drug-likeness (QED) is 0.791. The van der Waals surface area contributed by atoms with Gasteiger partial charge in [-0.15, -0.1) is 11.3 Å². The van der Waals surface area contributed by atoms with Crippen LogP contribution in [-0.4, -0.2) is 16.5 Å². The van der Waals surface area contributed by atoms with Crippen molar-refractivity contribution in [2.45, 2.75) is 12.5 Å². The van der Waals surface area contributed by atoms with Crippen LogP contribution in [0.25, 0.3) is 0 Å². The van der Waals surface area contributed by atoms with Crippen LogP contribution in [0.15, 0.2) is 6.20 Å². The fourth-order valence-corrected chi connectivity index (χ4v) is 1.43. The summed E-state index contributed by atoms with van der Waals surface area (Å²) in [6.07, 6.45) is -3.39. The molecule has 0 aliphatic carbocycles. The largest absolute Gasteiger partial charge is 0.380 e. The zero-order valence-electron chi connectivity index (χ0n) is 5.17. The Morgan fingerprint density at radius 3 is 2.64 bits per heavy atom.